The Morgan fingerprint density at radius 1 is 1.44 bits per heavy atom. The van der Waals surface area contributed by atoms with Crippen molar-refractivity contribution in [3.8, 4) is 0 Å². The molecule has 1 rings (SSSR count). The van der Waals surface area contributed by atoms with Crippen LogP contribution in [0.5, 0.6) is 0 Å². The van der Waals surface area contributed by atoms with E-state index in [9.17, 15) is 9.50 Å². The maximum Gasteiger partial charge on any atom is 0.123 e. The minimum atomic E-state index is -0.678. The quantitative estimate of drug-likeness (QED) is 0.779. The largest absolute Gasteiger partial charge is 0.389 e. The molecule has 0 aliphatic rings. The van der Waals surface area contributed by atoms with Crippen molar-refractivity contribution >= 4 is 0 Å². The molecule has 3 heteroatoms. The average Bonchev–Trinajstić information content (AvgIpc) is 2.17. The van der Waals surface area contributed by atoms with E-state index in [2.05, 4.69) is 5.32 Å². The highest BCUT2D eigenvalue weighted by molar-refractivity contribution is 5.15. The van der Waals surface area contributed by atoms with Crippen LogP contribution in [0.25, 0.3) is 0 Å². The third-order valence-electron chi connectivity index (χ3n) is 2.51. The number of benzene rings is 1. The van der Waals surface area contributed by atoms with Crippen molar-refractivity contribution in [2.45, 2.75) is 38.8 Å². The topological polar surface area (TPSA) is 32.3 Å². The molecule has 0 fully saturated rings. The van der Waals surface area contributed by atoms with Gasteiger partial charge in [-0.25, -0.2) is 4.39 Å². The Morgan fingerprint density at radius 3 is 2.81 bits per heavy atom. The summed E-state index contributed by atoms with van der Waals surface area (Å²) in [7, 11) is 0. The van der Waals surface area contributed by atoms with Gasteiger partial charge < -0.3 is 10.4 Å². The molecule has 2 nitrogen and oxygen atoms in total. The van der Waals surface area contributed by atoms with Gasteiger partial charge in [-0.15, -0.1) is 0 Å². The Bertz CT molecular complexity index is 325. The molecule has 90 valence electrons. The van der Waals surface area contributed by atoms with Crippen LogP contribution in [0.2, 0.25) is 0 Å². The standard InChI is InChI=1S/C13H20FNO/c1-3-7-13(2,16)10-15-9-11-5-4-6-12(14)8-11/h4-6,8,15-16H,3,7,9-10H2,1-2H3. The Kier molecular flexibility index (Phi) is 4.90. The molecule has 0 bridgehead atoms. The van der Waals surface area contributed by atoms with Crippen LogP contribution in [0, 0.1) is 5.82 Å². The maximum atomic E-state index is 12.9. The van der Waals surface area contributed by atoms with Crippen molar-refractivity contribution in [2.24, 2.45) is 0 Å². The Morgan fingerprint density at radius 2 is 2.19 bits per heavy atom. The minimum absolute atomic E-state index is 0.223. The summed E-state index contributed by atoms with van der Waals surface area (Å²) in [6.45, 7) is 4.96. The molecule has 2 N–H and O–H groups in total. The van der Waals surface area contributed by atoms with Crippen LogP contribution in [0.1, 0.15) is 32.3 Å². The van der Waals surface area contributed by atoms with E-state index in [1.807, 2.05) is 19.9 Å². The second-order valence-corrected chi connectivity index (χ2v) is 4.48. The summed E-state index contributed by atoms with van der Waals surface area (Å²) in [5, 5.41) is 13.0. The van der Waals surface area contributed by atoms with Crippen molar-refractivity contribution in [1.29, 1.82) is 0 Å². The van der Waals surface area contributed by atoms with Gasteiger partial charge in [-0.2, -0.15) is 0 Å². The van der Waals surface area contributed by atoms with Gasteiger partial charge in [0.1, 0.15) is 5.82 Å². The van der Waals surface area contributed by atoms with Gasteiger partial charge in [0.05, 0.1) is 5.60 Å². The number of hydrogen-bond acceptors (Lipinski definition) is 2. The van der Waals surface area contributed by atoms with E-state index in [0.29, 0.717) is 13.1 Å². The number of rotatable bonds is 6. The van der Waals surface area contributed by atoms with E-state index in [0.717, 1.165) is 18.4 Å². The fourth-order valence-electron chi connectivity index (χ4n) is 1.75. The van der Waals surface area contributed by atoms with Gasteiger partial charge in [-0.1, -0.05) is 25.5 Å². The second-order valence-electron chi connectivity index (χ2n) is 4.48. The van der Waals surface area contributed by atoms with Crippen LogP contribution in [-0.2, 0) is 6.54 Å². The summed E-state index contributed by atoms with van der Waals surface area (Å²) in [4.78, 5) is 0. The van der Waals surface area contributed by atoms with Gasteiger partial charge in [0.15, 0.2) is 0 Å². The number of aliphatic hydroxyl groups is 1. The third kappa shape index (κ3) is 4.73. The summed E-state index contributed by atoms with van der Waals surface area (Å²) >= 11 is 0. The molecule has 0 radical (unpaired) electrons. The Labute approximate surface area is 96.5 Å². The summed E-state index contributed by atoms with van der Waals surface area (Å²) in [6, 6.07) is 6.49. The van der Waals surface area contributed by atoms with E-state index in [1.54, 1.807) is 6.07 Å². The van der Waals surface area contributed by atoms with Gasteiger partial charge in [-0.3, -0.25) is 0 Å². The highest BCUT2D eigenvalue weighted by Crippen LogP contribution is 2.10. The van der Waals surface area contributed by atoms with Crippen LogP contribution >= 0.6 is 0 Å². The predicted molar refractivity (Wildman–Crippen MR) is 63.6 cm³/mol. The summed E-state index contributed by atoms with van der Waals surface area (Å²) in [6.07, 6.45) is 1.72. The van der Waals surface area contributed by atoms with Crippen LogP contribution in [-0.4, -0.2) is 17.3 Å². The average molecular weight is 225 g/mol. The lowest BCUT2D eigenvalue weighted by molar-refractivity contribution is 0.0498. The fourth-order valence-corrected chi connectivity index (χ4v) is 1.75. The van der Waals surface area contributed by atoms with Crippen molar-refractivity contribution in [1.82, 2.24) is 5.32 Å². The van der Waals surface area contributed by atoms with Gasteiger partial charge in [0.25, 0.3) is 0 Å². The highest BCUT2D eigenvalue weighted by atomic mass is 19.1. The van der Waals surface area contributed by atoms with Gasteiger partial charge >= 0.3 is 0 Å². The maximum absolute atomic E-state index is 12.9. The molecule has 0 aromatic heterocycles. The molecule has 0 spiro atoms. The second kappa shape index (κ2) is 5.97. The van der Waals surface area contributed by atoms with E-state index in [4.69, 9.17) is 0 Å². The first-order chi connectivity index (χ1) is 7.53. The molecule has 0 saturated carbocycles. The monoisotopic (exact) mass is 225 g/mol. The van der Waals surface area contributed by atoms with Crippen LogP contribution in [0.3, 0.4) is 0 Å². The molecule has 0 aliphatic heterocycles. The minimum Gasteiger partial charge on any atom is -0.389 e. The summed E-state index contributed by atoms with van der Waals surface area (Å²) < 4.78 is 12.9. The molecule has 0 aliphatic carbocycles. The van der Waals surface area contributed by atoms with Gasteiger partial charge in [0, 0.05) is 13.1 Å². The predicted octanol–water partition coefficient (Wildman–Crippen LogP) is 2.47. The SMILES string of the molecule is CCCC(C)(O)CNCc1cccc(F)c1. The number of hydrogen-bond donors (Lipinski definition) is 2. The van der Waals surface area contributed by atoms with Crippen molar-refractivity contribution in [3.05, 3.63) is 35.6 Å². The lowest BCUT2D eigenvalue weighted by atomic mass is 10.0. The van der Waals surface area contributed by atoms with E-state index < -0.39 is 5.60 Å². The normalized spacial score (nSPS) is 14.8. The van der Waals surface area contributed by atoms with Gasteiger partial charge in [-0.05, 0) is 31.0 Å². The molecular weight excluding hydrogens is 205 g/mol. The van der Waals surface area contributed by atoms with E-state index >= 15 is 0 Å². The zero-order valence-corrected chi connectivity index (χ0v) is 9.96. The van der Waals surface area contributed by atoms with Crippen molar-refractivity contribution in [2.75, 3.05) is 6.54 Å². The van der Waals surface area contributed by atoms with Crippen LogP contribution < -0.4 is 5.32 Å². The zero-order valence-electron chi connectivity index (χ0n) is 9.96. The van der Waals surface area contributed by atoms with Crippen LogP contribution in [0.15, 0.2) is 24.3 Å². The Hall–Kier alpha value is -0.930. The van der Waals surface area contributed by atoms with E-state index in [1.165, 1.54) is 12.1 Å². The first-order valence-electron chi connectivity index (χ1n) is 5.71. The molecule has 16 heavy (non-hydrogen) atoms. The van der Waals surface area contributed by atoms with Crippen LogP contribution in [0.4, 0.5) is 4.39 Å². The lowest BCUT2D eigenvalue weighted by Crippen LogP contribution is -2.37. The molecular formula is C13H20FNO. The van der Waals surface area contributed by atoms with Crippen molar-refractivity contribution < 1.29 is 9.50 Å². The highest BCUT2D eigenvalue weighted by Gasteiger charge is 2.17. The third-order valence-corrected chi connectivity index (χ3v) is 2.51. The van der Waals surface area contributed by atoms with Crippen molar-refractivity contribution in [3.63, 3.8) is 0 Å². The van der Waals surface area contributed by atoms with Gasteiger partial charge in [0.2, 0.25) is 0 Å². The molecule has 1 aromatic carbocycles. The smallest absolute Gasteiger partial charge is 0.123 e. The number of nitrogens with one attached hydrogen (secondary N) is 1. The number of halogens is 1. The first kappa shape index (κ1) is 13.1. The molecule has 0 amide bonds. The fraction of sp³-hybridized carbons (Fsp3) is 0.538. The van der Waals surface area contributed by atoms with E-state index in [-0.39, 0.29) is 5.82 Å². The summed E-state index contributed by atoms with van der Waals surface area (Å²) in [5.74, 6) is -0.223. The zero-order chi connectivity index (χ0) is 12.0. The summed E-state index contributed by atoms with van der Waals surface area (Å²) in [5.41, 5.74) is 0.217. The molecule has 1 atom stereocenters. The molecule has 1 unspecified atom stereocenters. The lowest BCUT2D eigenvalue weighted by Gasteiger charge is -2.23. The Balaban J connectivity index is 2.35. The first-order valence-corrected chi connectivity index (χ1v) is 5.71. The molecule has 1 aromatic rings. The molecule has 0 heterocycles. The molecule has 0 saturated heterocycles.